The SMILES string of the molecule is CCN(CC)C[C@H](/C(C)=N\N=C(N)N)[C@H](c1ccccc1)c1c(O)c2ccccc2oc1=O. The van der Waals surface area contributed by atoms with Crippen LogP contribution in [0.25, 0.3) is 11.0 Å². The molecule has 0 radical (unpaired) electrons. The Balaban J connectivity index is 2.30. The molecule has 0 aliphatic heterocycles. The smallest absolute Gasteiger partial charge is 0.343 e. The van der Waals surface area contributed by atoms with Gasteiger partial charge in [0.15, 0.2) is 0 Å². The van der Waals surface area contributed by atoms with E-state index in [1.165, 1.54) is 0 Å². The molecule has 3 aromatic rings. The van der Waals surface area contributed by atoms with Gasteiger partial charge in [-0.15, -0.1) is 5.10 Å². The minimum Gasteiger partial charge on any atom is -0.507 e. The highest BCUT2D eigenvalue weighted by molar-refractivity contribution is 5.89. The molecule has 0 unspecified atom stereocenters. The normalized spacial score (nSPS) is 13.8. The van der Waals surface area contributed by atoms with E-state index in [1.807, 2.05) is 37.3 Å². The van der Waals surface area contributed by atoms with E-state index >= 15 is 0 Å². The molecule has 8 nitrogen and oxygen atoms in total. The Morgan fingerprint density at radius 2 is 1.67 bits per heavy atom. The van der Waals surface area contributed by atoms with Gasteiger partial charge in [0.05, 0.1) is 10.9 Å². The van der Waals surface area contributed by atoms with Crippen molar-refractivity contribution >= 4 is 22.6 Å². The zero-order valence-corrected chi connectivity index (χ0v) is 19.2. The summed E-state index contributed by atoms with van der Waals surface area (Å²) in [6.07, 6.45) is 0. The molecule has 33 heavy (non-hydrogen) atoms. The number of para-hydroxylation sites is 1. The molecule has 1 aromatic heterocycles. The molecule has 1 heterocycles. The highest BCUT2D eigenvalue weighted by Gasteiger charge is 2.34. The summed E-state index contributed by atoms with van der Waals surface area (Å²) in [4.78, 5) is 15.5. The van der Waals surface area contributed by atoms with Crippen LogP contribution in [-0.4, -0.2) is 41.3 Å². The van der Waals surface area contributed by atoms with Crippen molar-refractivity contribution in [3.63, 3.8) is 0 Å². The van der Waals surface area contributed by atoms with Gasteiger partial charge in [-0.05, 0) is 37.7 Å². The number of hydrogen-bond acceptors (Lipinski definition) is 6. The largest absolute Gasteiger partial charge is 0.507 e. The van der Waals surface area contributed by atoms with Crippen LogP contribution in [0.4, 0.5) is 0 Å². The van der Waals surface area contributed by atoms with Gasteiger partial charge < -0.3 is 25.9 Å². The number of aromatic hydroxyl groups is 1. The van der Waals surface area contributed by atoms with Crippen LogP contribution in [0.1, 0.15) is 37.8 Å². The second-order valence-corrected chi connectivity index (χ2v) is 7.89. The van der Waals surface area contributed by atoms with Gasteiger partial charge in [-0.1, -0.05) is 56.3 Å². The van der Waals surface area contributed by atoms with Crippen molar-refractivity contribution in [2.24, 2.45) is 27.6 Å². The molecule has 0 saturated heterocycles. The first-order valence-electron chi connectivity index (χ1n) is 11.0. The van der Waals surface area contributed by atoms with Crippen molar-refractivity contribution in [2.45, 2.75) is 26.7 Å². The van der Waals surface area contributed by atoms with Gasteiger partial charge in [0.25, 0.3) is 0 Å². The predicted octanol–water partition coefficient (Wildman–Crippen LogP) is 3.24. The van der Waals surface area contributed by atoms with Crippen molar-refractivity contribution in [2.75, 3.05) is 19.6 Å². The van der Waals surface area contributed by atoms with Crippen LogP contribution < -0.4 is 17.1 Å². The summed E-state index contributed by atoms with van der Waals surface area (Å²) in [7, 11) is 0. The lowest BCUT2D eigenvalue weighted by Gasteiger charge is -2.32. The second kappa shape index (κ2) is 10.8. The van der Waals surface area contributed by atoms with Crippen LogP contribution in [0.3, 0.4) is 0 Å². The van der Waals surface area contributed by atoms with Gasteiger partial charge in [0, 0.05) is 24.1 Å². The third-order valence-electron chi connectivity index (χ3n) is 5.90. The molecule has 8 heteroatoms. The van der Waals surface area contributed by atoms with E-state index in [0.29, 0.717) is 23.2 Å². The first kappa shape index (κ1) is 24.0. The molecule has 3 rings (SSSR count). The summed E-state index contributed by atoms with van der Waals surface area (Å²) in [6, 6.07) is 16.5. The maximum Gasteiger partial charge on any atom is 0.343 e. The number of nitrogens with two attached hydrogens (primary N) is 2. The maximum atomic E-state index is 13.2. The van der Waals surface area contributed by atoms with Crippen molar-refractivity contribution < 1.29 is 9.52 Å². The number of fused-ring (bicyclic) bond motifs is 1. The van der Waals surface area contributed by atoms with Gasteiger partial charge in [-0.2, -0.15) is 5.10 Å². The van der Waals surface area contributed by atoms with Crippen LogP contribution >= 0.6 is 0 Å². The molecule has 0 aliphatic carbocycles. The number of nitrogens with zero attached hydrogens (tertiary/aromatic N) is 3. The first-order valence-corrected chi connectivity index (χ1v) is 11.0. The lowest BCUT2D eigenvalue weighted by atomic mass is 9.78. The van der Waals surface area contributed by atoms with E-state index < -0.39 is 11.5 Å². The van der Waals surface area contributed by atoms with E-state index in [9.17, 15) is 9.90 Å². The highest BCUT2D eigenvalue weighted by Crippen LogP contribution is 2.39. The number of rotatable bonds is 9. The fourth-order valence-electron chi connectivity index (χ4n) is 4.13. The molecule has 2 aromatic carbocycles. The lowest BCUT2D eigenvalue weighted by molar-refractivity contribution is 0.269. The minimum atomic E-state index is -0.584. The Morgan fingerprint density at radius 3 is 2.30 bits per heavy atom. The molecule has 0 bridgehead atoms. The molecular weight excluding hydrogens is 418 g/mol. The van der Waals surface area contributed by atoms with E-state index in [0.717, 1.165) is 18.7 Å². The third kappa shape index (κ3) is 5.40. The van der Waals surface area contributed by atoms with Gasteiger partial charge >= 0.3 is 5.63 Å². The topological polar surface area (TPSA) is 130 Å². The van der Waals surface area contributed by atoms with E-state index in [2.05, 4.69) is 29.0 Å². The summed E-state index contributed by atoms with van der Waals surface area (Å²) >= 11 is 0. The zero-order chi connectivity index (χ0) is 24.0. The average molecular weight is 450 g/mol. The van der Waals surface area contributed by atoms with Crippen molar-refractivity contribution in [3.8, 4) is 5.75 Å². The Hall–Kier alpha value is -3.65. The summed E-state index contributed by atoms with van der Waals surface area (Å²) in [5, 5.41) is 19.9. The van der Waals surface area contributed by atoms with Gasteiger partial charge in [-0.3, -0.25) is 0 Å². The van der Waals surface area contributed by atoms with Crippen molar-refractivity contribution in [1.82, 2.24) is 4.90 Å². The molecule has 0 aliphatic rings. The monoisotopic (exact) mass is 449 g/mol. The van der Waals surface area contributed by atoms with E-state index in [1.54, 1.807) is 24.3 Å². The molecule has 0 saturated carbocycles. The molecule has 5 N–H and O–H groups in total. The first-order chi connectivity index (χ1) is 15.9. The summed E-state index contributed by atoms with van der Waals surface area (Å²) in [6.45, 7) is 8.17. The fraction of sp³-hybridized carbons (Fsp3) is 0.320. The van der Waals surface area contributed by atoms with Gasteiger partial charge in [0.2, 0.25) is 5.96 Å². The van der Waals surface area contributed by atoms with Gasteiger partial charge in [-0.25, -0.2) is 4.79 Å². The molecule has 0 amide bonds. The number of hydrogen-bond donors (Lipinski definition) is 3. The van der Waals surface area contributed by atoms with Crippen LogP contribution in [0, 0.1) is 5.92 Å². The lowest BCUT2D eigenvalue weighted by Crippen LogP contribution is -2.37. The van der Waals surface area contributed by atoms with Crippen molar-refractivity contribution in [3.05, 3.63) is 76.1 Å². The summed E-state index contributed by atoms with van der Waals surface area (Å²) < 4.78 is 5.63. The Kier molecular flexibility index (Phi) is 7.84. The zero-order valence-electron chi connectivity index (χ0n) is 19.2. The summed E-state index contributed by atoms with van der Waals surface area (Å²) in [5.41, 5.74) is 12.4. The van der Waals surface area contributed by atoms with Crippen LogP contribution in [0.15, 0.2) is 74.0 Å². The standard InChI is InChI=1S/C25H31N5O3/c1-4-30(5-2)15-19(16(3)28-29-25(26)27)21(17-11-7-6-8-12-17)22-23(31)18-13-9-10-14-20(18)33-24(22)32/h6-14,19,21,31H,4-5,15H2,1-3H3,(H4,26,27,29)/b28-16-/t19-,21+/m1/s1. The Labute approximate surface area is 193 Å². The molecule has 174 valence electrons. The van der Waals surface area contributed by atoms with Crippen LogP contribution in [0.2, 0.25) is 0 Å². The quantitative estimate of drug-likeness (QED) is 0.199. The third-order valence-corrected chi connectivity index (χ3v) is 5.90. The molecular formula is C25H31N5O3. The van der Waals surface area contributed by atoms with Crippen molar-refractivity contribution in [1.29, 1.82) is 0 Å². The highest BCUT2D eigenvalue weighted by atomic mass is 16.4. The Morgan fingerprint density at radius 1 is 1.03 bits per heavy atom. The van der Waals surface area contributed by atoms with Crippen LogP contribution in [-0.2, 0) is 0 Å². The Bertz CT molecular complexity index is 1200. The fourth-order valence-corrected chi connectivity index (χ4v) is 4.13. The van der Waals surface area contributed by atoms with E-state index in [-0.39, 0.29) is 23.2 Å². The maximum absolute atomic E-state index is 13.2. The predicted molar refractivity (Wildman–Crippen MR) is 133 cm³/mol. The number of benzene rings is 2. The molecule has 2 atom stereocenters. The molecule has 0 fully saturated rings. The van der Waals surface area contributed by atoms with E-state index in [4.69, 9.17) is 15.9 Å². The van der Waals surface area contributed by atoms with Crippen LogP contribution in [0.5, 0.6) is 5.75 Å². The second-order valence-electron chi connectivity index (χ2n) is 7.89. The minimum absolute atomic E-state index is 0.0881. The summed E-state index contributed by atoms with van der Waals surface area (Å²) in [5.74, 6) is -1.09. The van der Waals surface area contributed by atoms with Gasteiger partial charge in [0.1, 0.15) is 11.3 Å². The average Bonchev–Trinajstić information content (AvgIpc) is 2.82. The number of guanidine groups is 1. The molecule has 0 spiro atoms.